The molecule has 2 aromatic carbocycles. The van der Waals surface area contributed by atoms with Crippen molar-refractivity contribution < 1.29 is 14.3 Å². The summed E-state index contributed by atoms with van der Waals surface area (Å²) in [7, 11) is 3.15. The fourth-order valence-corrected chi connectivity index (χ4v) is 3.95. The number of ether oxygens (including phenoxy) is 2. The molecule has 0 unspecified atom stereocenters. The van der Waals surface area contributed by atoms with E-state index in [1.165, 1.54) is 0 Å². The number of carbonyl (C=O) groups excluding carboxylic acids is 1. The van der Waals surface area contributed by atoms with Gasteiger partial charge in [-0.1, -0.05) is 29.8 Å². The van der Waals surface area contributed by atoms with Crippen LogP contribution in [0.5, 0.6) is 11.5 Å². The smallest absolute Gasteiger partial charge is 0.254 e. The molecule has 4 rings (SSSR count). The molecule has 1 fully saturated rings. The number of para-hydroxylation sites is 1. The number of nitrogens with zero attached hydrogens (tertiary/aromatic N) is 3. The van der Waals surface area contributed by atoms with Gasteiger partial charge in [0.1, 0.15) is 5.15 Å². The summed E-state index contributed by atoms with van der Waals surface area (Å²) in [4.78, 5) is 21.6. The Hall–Kier alpha value is -2.83. The van der Waals surface area contributed by atoms with Gasteiger partial charge in [-0.25, -0.2) is 4.98 Å². The van der Waals surface area contributed by atoms with Crippen LogP contribution in [0.25, 0.3) is 10.9 Å². The van der Waals surface area contributed by atoms with Gasteiger partial charge in [-0.3, -0.25) is 9.69 Å². The molecule has 1 aromatic heterocycles. The number of hydrogen-bond donors (Lipinski definition) is 0. The summed E-state index contributed by atoms with van der Waals surface area (Å²) in [6, 6.07) is 15.3. The second-order valence-electron chi connectivity index (χ2n) is 7.27. The Labute approximate surface area is 181 Å². The highest BCUT2D eigenvalue weighted by Crippen LogP contribution is 2.28. The number of fused-ring (bicyclic) bond motifs is 1. The SMILES string of the molecule is COc1ccc(C(=O)N2CCN(Cc3cc4ccccc4nc3Cl)CC2)cc1OC. The number of rotatable bonds is 5. The van der Waals surface area contributed by atoms with Gasteiger partial charge in [0.25, 0.3) is 5.91 Å². The Kier molecular flexibility index (Phi) is 6.06. The Morgan fingerprint density at radius 1 is 1.00 bits per heavy atom. The Morgan fingerprint density at radius 3 is 2.47 bits per heavy atom. The summed E-state index contributed by atoms with van der Waals surface area (Å²) in [6.07, 6.45) is 0. The van der Waals surface area contributed by atoms with E-state index < -0.39 is 0 Å². The molecule has 1 amide bonds. The quantitative estimate of drug-likeness (QED) is 0.581. The van der Waals surface area contributed by atoms with Crippen LogP contribution >= 0.6 is 11.6 Å². The van der Waals surface area contributed by atoms with Gasteiger partial charge < -0.3 is 14.4 Å². The third kappa shape index (κ3) is 4.20. The van der Waals surface area contributed by atoms with Crippen LogP contribution in [0.4, 0.5) is 0 Å². The van der Waals surface area contributed by atoms with E-state index >= 15 is 0 Å². The van der Waals surface area contributed by atoms with E-state index in [0.29, 0.717) is 35.3 Å². The third-order valence-corrected chi connectivity index (χ3v) is 5.76. The van der Waals surface area contributed by atoms with Crippen LogP contribution in [0.3, 0.4) is 0 Å². The van der Waals surface area contributed by atoms with E-state index in [1.807, 2.05) is 29.2 Å². The largest absolute Gasteiger partial charge is 0.493 e. The predicted octanol–water partition coefficient (Wildman–Crippen LogP) is 3.86. The van der Waals surface area contributed by atoms with Crippen LogP contribution in [0.2, 0.25) is 5.15 Å². The molecule has 0 atom stereocenters. The zero-order valence-corrected chi connectivity index (χ0v) is 17.9. The molecule has 0 bridgehead atoms. The Morgan fingerprint density at radius 2 is 1.73 bits per heavy atom. The molecule has 0 radical (unpaired) electrons. The summed E-state index contributed by atoms with van der Waals surface area (Å²) < 4.78 is 10.6. The molecule has 3 aromatic rings. The number of pyridine rings is 1. The number of carbonyl (C=O) groups is 1. The lowest BCUT2D eigenvalue weighted by Crippen LogP contribution is -2.48. The molecule has 30 heavy (non-hydrogen) atoms. The fourth-order valence-electron chi connectivity index (χ4n) is 3.75. The highest BCUT2D eigenvalue weighted by molar-refractivity contribution is 6.30. The average Bonchev–Trinajstić information content (AvgIpc) is 2.79. The van der Waals surface area contributed by atoms with E-state index in [1.54, 1.807) is 32.4 Å². The number of amides is 1. The molecule has 0 spiro atoms. The number of benzene rings is 2. The normalized spacial score (nSPS) is 14.7. The number of halogens is 1. The first-order valence-electron chi connectivity index (χ1n) is 9.87. The van der Waals surface area contributed by atoms with Gasteiger partial charge in [-0.15, -0.1) is 0 Å². The molecule has 0 aliphatic carbocycles. The Bertz CT molecular complexity index is 1060. The Balaban J connectivity index is 1.40. The molecule has 156 valence electrons. The van der Waals surface area contributed by atoms with Crippen molar-refractivity contribution in [3.63, 3.8) is 0 Å². The van der Waals surface area contributed by atoms with E-state index in [9.17, 15) is 4.79 Å². The summed E-state index contributed by atoms with van der Waals surface area (Å²) in [6.45, 7) is 3.59. The maximum atomic E-state index is 12.9. The van der Waals surface area contributed by atoms with E-state index in [-0.39, 0.29) is 5.91 Å². The molecule has 0 N–H and O–H groups in total. The lowest BCUT2D eigenvalue weighted by Gasteiger charge is -2.35. The van der Waals surface area contributed by atoms with Gasteiger partial charge in [-0.05, 0) is 30.3 Å². The lowest BCUT2D eigenvalue weighted by atomic mass is 10.1. The van der Waals surface area contributed by atoms with Crippen LogP contribution in [-0.4, -0.2) is 61.1 Å². The summed E-state index contributed by atoms with van der Waals surface area (Å²) in [5.41, 5.74) is 2.51. The summed E-state index contributed by atoms with van der Waals surface area (Å²) in [5, 5.41) is 1.62. The topological polar surface area (TPSA) is 54.9 Å². The zero-order valence-electron chi connectivity index (χ0n) is 17.1. The first kappa shape index (κ1) is 20.4. The average molecular weight is 426 g/mol. The van der Waals surface area contributed by atoms with Crippen molar-refractivity contribution in [2.45, 2.75) is 6.54 Å². The third-order valence-electron chi connectivity index (χ3n) is 5.43. The molecule has 0 saturated carbocycles. The van der Waals surface area contributed by atoms with E-state index in [0.717, 1.165) is 36.1 Å². The predicted molar refractivity (Wildman–Crippen MR) is 117 cm³/mol. The minimum atomic E-state index is 0.000933. The zero-order chi connectivity index (χ0) is 21.1. The fraction of sp³-hybridized carbons (Fsp3) is 0.304. The van der Waals surface area contributed by atoms with Crippen LogP contribution in [0.1, 0.15) is 15.9 Å². The number of aromatic nitrogens is 1. The molecule has 7 heteroatoms. The van der Waals surface area contributed by atoms with E-state index in [4.69, 9.17) is 21.1 Å². The second kappa shape index (κ2) is 8.90. The highest BCUT2D eigenvalue weighted by atomic mass is 35.5. The highest BCUT2D eigenvalue weighted by Gasteiger charge is 2.23. The van der Waals surface area contributed by atoms with Crippen molar-refractivity contribution in [2.24, 2.45) is 0 Å². The van der Waals surface area contributed by atoms with Gasteiger partial charge >= 0.3 is 0 Å². The van der Waals surface area contributed by atoms with Crippen molar-refractivity contribution >= 4 is 28.4 Å². The number of hydrogen-bond acceptors (Lipinski definition) is 5. The molecule has 1 saturated heterocycles. The maximum absolute atomic E-state index is 12.9. The number of piperazine rings is 1. The second-order valence-corrected chi connectivity index (χ2v) is 7.63. The van der Waals surface area contributed by atoms with Crippen molar-refractivity contribution in [3.8, 4) is 11.5 Å². The molecule has 2 heterocycles. The van der Waals surface area contributed by atoms with Crippen LogP contribution in [0.15, 0.2) is 48.5 Å². The molecular formula is C23H24ClN3O3. The van der Waals surface area contributed by atoms with Gasteiger partial charge in [0, 0.05) is 49.2 Å². The van der Waals surface area contributed by atoms with Crippen molar-refractivity contribution in [1.82, 2.24) is 14.8 Å². The van der Waals surface area contributed by atoms with Crippen LogP contribution in [0, 0.1) is 0 Å². The molecular weight excluding hydrogens is 402 g/mol. The minimum absolute atomic E-state index is 0.000933. The lowest BCUT2D eigenvalue weighted by molar-refractivity contribution is 0.0628. The standard InChI is InChI=1S/C23H24ClN3O3/c1-29-20-8-7-17(14-21(20)30-2)23(28)27-11-9-26(10-12-27)15-18-13-16-5-3-4-6-19(16)25-22(18)24/h3-8,13-14H,9-12,15H2,1-2H3. The van der Waals surface area contributed by atoms with Gasteiger partial charge in [0.05, 0.1) is 19.7 Å². The monoisotopic (exact) mass is 425 g/mol. The van der Waals surface area contributed by atoms with Crippen LogP contribution < -0.4 is 9.47 Å². The number of methoxy groups -OCH3 is 2. The molecule has 1 aliphatic heterocycles. The molecule has 6 nitrogen and oxygen atoms in total. The van der Waals surface area contributed by atoms with Gasteiger partial charge in [0.15, 0.2) is 11.5 Å². The maximum Gasteiger partial charge on any atom is 0.254 e. The summed E-state index contributed by atoms with van der Waals surface area (Å²) in [5.74, 6) is 1.17. The summed E-state index contributed by atoms with van der Waals surface area (Å²) >= 11 is 6.41. The minimum Gasteiger partial charge on any atom is -0.493 e. The van der Waals surface area contributed by atoms with Crippen molar-refractivity contribution in [1.29, 1.82) is 0 Å². The van der Waals surface area contributed by atoms with Gasteiger partial charge in [0.2, 0.25) is 0 Å². The molecule has 1 aliphatic rings. The van der Waals surface area contributed by atoms with Crippen LogP contribution in [-0.2, 0) is 6.54 Å². The van der Waals surface area contributed by atoms with Crippen molar-refractivity contribution in [3.05, 3.63) is 64.8 Å². The first-order valence-corrected chi connectivity index (χ1v) is 10.2. The van der Waals surface area contributed by atoms with Gasteiger partial charge in [-0.2, -0.15) is 0 Å². The van der Waals surface area contributed by atoms with Crippen molar-refractivity contribution in [2.75, 3.05) is 40.4 Å². The first-order chi connectivity index (χ1) is 14.6. The van der Waals surface area contributed by atoms with E-state index in [2.05, 4.69) is 16.0 Å².